The molecule has 0 atom stereocenters. The van der Waals surface area contributed by atoms with Gasteiger partial charge in [-0.2, -0.15) is 0 Å². The van der Waals surface area contributed by atoms with Gasteiger partial charge in [0.1, 0.15) is 6.54 Å². The number of pyridine rings is 1. The summed E-state index contributed by atoms with van der Waals surface area (Å²) in [6, 6.07) is 18.3. The first kappa shape index (κ1) is 20.8. The van der Waals surface area contributed by atoms with E-state index < -0.39 is 15.9 Å². The Morgan fingerprint density at radius 2 is 1.79 bits per heavy atom. The van der Waals surface area contributed by atoms with Crippen LogP contribution in [0.25, 0.3) is 0 Å². The van der Waals surface area contributed by atoms with Crippen LogP contribution in [0.5, 0.6) is 0 Å². The lowest BCUT2D eigenvalue weighted by atomic mass is 10.2. The van der Waals surface area contributed by atoms with Crippen LogP contribution in [0.3, 0.4) is 0 Å². The SMILES string of the molecule is Cc1ccc(Cl)cc1N(CC(=O)NCc1ccccn1)S(=O)(=O)c1ccccc1. The Bertz CT molecular complexity index is 1090. The molecule has 29 heavy (non-hydrogen) atoms. The van der Waals surface area contributed by atoms with Gasteiger partial charge in [-0.05, 0) is 48.9 Å². The Morgan fingerprint density at radius 3 is 2.48 bits per heavy atom. The van der Waals surface area contributed by atoms with Gasteiger partial charge < -0.3 is 5.32 Å². The molecule has 3 rings (SSSR count). The van der Waals surface area contributed by atoms with Gasteiger partial charge in [0.25, 0.3) is 10.0 Å². The molecule has 0 radical (unpaired) electrons. The number of hydrogen-bond donors (Lipinski definition) is 1. The van der Waals surface area contributed by atoms with E-state index in [2.05, 4.69) is 10.3 Å². The van der Waals surface area contributed by atoms with Gasteiger partial charge in [0.05, 0.1) is 22.8 Å². The molecule has 2 aromatic carbocycles. The zero-order chi connectivity index (χ0) is 20.9. The molecule has 1 heterocycles. The van der Waals surface area contributed by atoms with Gasteiger partial charge in [-0.25, -0.2) is 8.42 Å². The molecule has 1 N–H and O–H groups in total. The van der Waals surface area contributed by atoms with E-state index >= 15 is 0 Å². The second-order valence-electron chi connectivity index (χ2n) is 6.35. The number of amides is 1. The Hall–Kier alpha value is -2.90. The summed E-state index contributed by atoms with van der Waals surface area (Å²) in [4.78, 5) is 16.8. The van der Waals surface area contributed by atoms with Crippen molar-refractivity contribution in [3.63, 3.8) is 0 Å². The molecule has 0 saturated carbocycles. The number of sulfonamides is 1. The van der Waals surface area contributed by atoms with Crippen molar-refractivity contribution in [3.05, 3.63) is 89.2 Å². The molecular weight excluding hydrogens is 410 g/mol. The molecule has 0 aliphatic heterocycles. The van der Waals surface area contributed by atoms with E-state index in [4.69, 9.17) is 11.6 Å². The van der Waals surface area contributed by atoms with Crippen LogP contribution in [-0.4, -0.2) is 25.9 Å². The fourth-order valence-electron chi connectivity index (χ4n) is 2.75. The summed E-state index contributed by atoms with van der Waals surface area (Å²) in [7, 11) is -3.97. The van der Waals surface area contributed by atoms with Gasteiger partial charge in [-0.3, -0.25) is 14.1 Å². The number of carbonyl (C=O) groups excluding carboxylic acids is 1. The fraction of sp³-hybridized carbons (Fsp3) is 0.143. The lowest BCUT2D eigenvalue weighted by Crippen LogP contribution is -2.41. The van der Waals surface area contributed by atoms with Gasteiger partial charge in [0, 0.05) is 11.2 Å². The van der Waals surface area contributed by atoms with Crippen molar-refractivity contribution in [1.82, 2.24) is 10.3 Å². The monoisotopic (exact) mass is 429 g/mol. The minimum Gasteiger partial charge on any atom is -0.349 e. The summed E-state index contributed by atoms with van der Waals surface area (Å²) in [6.45, 7) is 1.59. The highest BCUT2D eigenvalue weighted by molar-refractivity contribution is 7.92. The highest BCUT2D eigenvalue weighted by Gasteiger charge is 2.28. The number of anilines is 1. The summed E-state index contributed by atoms with van der Waals surface area (Å²) in [5.74, 6) is -0.450. The molecule has 1 aromatic heterocycles. The Morgan fingerprint density at radius 1 is 1.07 bits per heavy atom. The van der Waals surface area contributed by atoms with Crippen molar-refractivity contribution in [1.29, 1.82) is 0 Å². The first-order chi connectivity index (χ1) is 13.9. The van der Waals surface area contributed by atoms with Gasteiger partial charge >= 0.3 is 0 Å². The van der Waals surface area contributed by atoms with Crippen LogP contribution in [0, 0.1) is 6.92 Å². The maximum Gasteiger partial charge on any atom is 0.264 e. The number of halogens is 1. The molecule has 0 fully saturated rings. The van der Waals surface area contributed by atoms with E-state index in [0.29, 0.717) is 22.0 Å². The van der Waals surface area contributed by atoms with Crippen molar-refractivity contribution in [3.8, 4) is 0 Å². The molecule has 0 bridgehead atoms. The Kier molecular flexibility index (Phi) is 6.51. The molecule has 1 amide bonds. The van der Waals surface area contributed by atoms with Crippen molar-refractivity contribution in [2.24, 2.45) is 0 Å². The van der Waals surface area contributed by atoms with E-state index in [1.54, 1.807) is 61.7 Å². The van der Waals surface area contributed by atoms with Crippen LogP contribution < -0.4 is 9.62 Å². The summed E-state index contributed by atoms with van der Waals surface area (Å²) >= 11 is 6.10. The first-order valence-corrected chi connectivity index (χ1v) is 10.7. The Labute approximate surface area is 175 Å². The number of hydrogen-bond acceptors (Lipinski definition) is 4. The van der Waals surface area contributed by atoms with E-state index in [1.165, 1.54) is 12.1 Å². The van der Waals surface area contributed by atoms with E-state index in [1.807, 2.05) is 6.07 Å². The van der Waals surface area contributed by atoms with E-state index in [-0.39, 0.29) is 18.0 Å². The molecule has 0 aliphatic rings. The fourth-order valence-corrected chi connectivity index (χ4v) is 4.41. The standard InChI is InChI=1S/C21H20ClN3O3S/c1-16-10-11-17(22)13-20(16)25(29(27,28)19-8-3-2-4-9-19)15-21(26)24-14-18-7-5-6-12-23-18/h2-13H,14-15H2,1H3,(H,24,26). The molecule has 0 spiro atoms. The highest BCUT2D eigenvalue weighted by atomic mass is 35.5. The zero-order valence-electron chi connectivity index (χ0n) is 15.7. The van der Waals surface area contributed by atoms with Crippen molar-refractivity contribution in [2.75, 3.05) is 10.8 Å². The first-order valence-electron chi connectivity index (χ1n) is 8.88. The average molecular weight is 430 g/mol. The summed E-state index contributed by atoms with van der Waals surface area (Å²) in [6.07, 6.45) is 1.63. The van der Waals surface area contributed by atoms with E-state index in [0.717, 1.165) is 4.31 Å². The van der Waals surface area contributed by atoms with Gasteiger partial charge in [0.15, 0.2) is 0 Å². The number of benzene rings is 2. The van der Waals surface area contributed by atoms with Crippen LogP contribution in [-0.2, 0) is 21.4 Å². The number of aryl methyl sites for hydroxylation is 1. The zero-order valence-corrected chi connectivity index (χ0v) is 17.3. The molecule has 0 unspecified atom stereocenters. The third kappa shape index (κ3) is 5.13. The summed E-state index contributed by atoms with van der Waals surface area (Å²) in [5.41, 5.74) is 1.72. The Balaban J connectivity index is 1.91. The van der Waals surface area contributed by atoms with Crippen LogP contribution in [0.1, 0.15) is 11.3 Å². The predicted molar refractivity (Wildman–Crippen MR) is 113 cm³/mol. The third-order valence-corrected chi connectivity index (χ3v) is 6.26. The minimum atomic E-state index is -3.97. The van der Waals surface area contributed by atoms with Crippen LogP contribution in [0.2, 0.25) is 5.02 Å². The largest absolute Gasteiger partial charge is 0.349 e. The van der Waals surface area contributed by atoms with Crippen LogP contribution in [0.4, 0.5) is 5.69 Å². The third-order valence-electron chi connectivity index (χ3n) is 4.25. The smallest absolute Gasteiger partial charge is 0.264 e. The minimum absolute atomic E-state index is 0.0944. The van der Waals surface area contributed by atoms with Crippen molar-refractivity contribution >= 4 is 33.2 Å². The lowest BCUT2D eigenvalue weighted by molar-refractivity contribution is -0.119. The average Bonchev–Trinajstić information content (AvgIpc) is 2.73. The topological polar surface area (TPSA) is 79.4 Å². The number of carbonyl (C=O) groups is 1. The molecule has 150 valence electrons. The molecule has 6 nitrogen and oxygen atoms in total. The number of aromatic nitrogens is 1. The molecule has 0 aliphatic carbocycles. The van der Waals surface area contributed by atoms with E-state index in [9.17, 15) is 13.2 Å². The van der Waals surface area contributed by atoms with Crippen molar-refractivity contribution < 1.29 is 13.2 Å². The normalized spacial score (nSPS) is 11.1. The van der Waals surface area contributed by atoms with Gasteiger partial charge in [-0.15, -0.1) is 0 Å². The quantitative estimate of drug-likeness (QED) is 0.622. The second-order valence-corrected chi connectivity index (χ2v) is 8.65. The molecule has 3 aromatic rings. The molecular formula is C21H20ClN3O3S. The highest BCUT2D eigenvalue weighted by Crippen LogP contribution is 2.29. The number of rotatable bonds is 7. The molecule has 0 saturated heterocycles. The number of nitrogens with zero attached hydrogens (tertiary/aromatic N) is 2. The number of nitrogens with one attached hydrogen (secondary N) is 1. The lowest BCUT2D eigenvalue weighted by Gasteiger charge is -2.25. The van der Waals surface area contributed by atoms with Crippen LogP contribution >= 0.6 is 11.6 Å². The second kappa shape index (κ2) is 9.07. The summed E-state index contributed by atoms with van der Waals surface area (Å²) < 4.78 is 27.7. The summed E-state index contributed by atoms with van der Waals surface area (Å²) in [5, 5.41) is 3.10. The maximum absolute atomic E-state index is 13.3. The maximum atomic E-state index is 13.3. The predicted octanol–water partition coefficient (Wildman–Crippen LogP) is 3.56. The van der Waals surface area contributed by atoms with Gasteiger partial charge in [0.2, 0.25) is 5.91 Å². The van der Waals surface area contributed by atoms with Crippen molar-refractivity contribution in [2.45, 2.75) is 18.4 Å². The molecule has 8 heteroatoms. The van der Waals surface area contributed by atoms with Gasteiger partial charge in [-0.1, -0.05) is 41.9 Å². The van der Waals surface area contributed by atoms with Crippen LogP contribution in [0.15, 0.2) is 77.8 Å².